The van der Waals surface area contributed by atoms with Gasteiger partial charge in [0.1, 0.15) is 0 Å². The molecule has 2 aliphatic rings. The van der Waals surface area contributed by atoms with E-state index in [1.54, 1.807) is 4.90 Å². The van der Waals surface area contributed by atoms with Gasteiger partial charge in [-0.3, -0.25) is 9.59 Å². The Morgan fingerprint density at radius 3 is 2.64 bits per heavy atom. The van der Waals surface area contributed by atoms with Crippen LogP contribution in [0.3, 0.4) is 0 Å². The molecule has 1 unspecified atom stereocenters. The molecule has 3 rings (SSSR count). The molecule has 0 spiro atoms. The molecular formula is C15H17BrClN3O4S. The fourth-order valence-electron chi connectivity index (χ4n) is 3.29. The molecule has 0 aromatic heterocycles. The van der Waals surface area contributed by atoms with E-state index >= 15 is 0 Å². The van der Waals surface area contributed by atoms with Crippen LogP contribution in [0.5, 0.6) is 0 Å². The van der Waals surface area contributed by atoms with Crippen LogP contribution in [-0.4, -0.2) is 55.7 Å². The maximum atomic E-state index is 12.8. The topological polar surface area (TPSA) is 101 Å². The van der Waals surface area contributed by atoms with E-state index < -0.39 is 10.0 Å². The van der Waals surface area contributed by atoms with Gasteiger partial charge in [-0.15, -0.1) is 0 Å². The van der Waals surface area contributed by atoms with E-state index in [9.17, 15) is 18.0 Å². The lowest BCUT2D eigenvalue weighted by Gasteiger charge is -2.24. The van der Waals surface area contributed by atoms with Crippen LogP contribution in [0.2, 0.25) is 5.02 Å². The Morgan fingerprint density at radius 1 is 1.32 bits per heavy atom. The Kier molecular flexibility index (Phi) is 5.11. The SMILES string of the molecule is NS(=O)(=O)c1cc(Br)c(Cl)c(C(=O)N2CCC(N3CCCC3=O)C2)c1. The molecular weight excluding hydrogens is 434 g/mol. The van der Waals surface area contributed by atoms with E-state index in [0.717, 1.165) is 13.0 Å². The van der Waals surface area contributed by atoms with Gasteiger partial charge >= 0.3 is 0 Å². The number of halogens is 2. The van der Waals surface area contributed by atoms with Crippen LogP contribution >= 0.6 is 27.5 Å². The molecule has 7 nitrogen and oxygen atoms in total. The van der Waals surface area contributed by atoms with Gasteiger partial charge in [0, 0.05) is 30.5 Å². The highest BCUT2D eigenvalue weighted by Gasteiger charge is 2.35. The second-order valence-electron chi connectivity index (χ2n) is 6.20. The van der Waals surface area contributed by atoms with Crippen molar-refractivity contribution in [2.75, 3.05) is 19.6 Å². The summed E-state index contributed by atoms with van der Waals surface area (Å²) in [6, 6.07) is 2.46. The van der Waals surface area contributed by atoms with Gasteiger partial charge in [0.05, 0.1) is 21.5 Å². The number of rotatable bonds is 3. The lowest BCUT2D eigenvalue weighted by molar-refractivity contribution is -0.129. The number of hydrogen-bond donors (Lipinski definition) is 1. The van der Waals surface area contributed by atoms with E-state index in [2.05, 4.69) is 15.9 Å². The summed E-state index contributed by atoms with van der Waals surface area (Å²) in [5, 5.41) is 5.29. The van der Waals surface area contributed by atoms with Crippen LogP contribution in [0.15, 0.2) is 21.5 Å². The lowest BCUT2D eigenvalue weighted by Crippen LogP contribution is -2.39. The highest BCUT2D eigenvalue weighted by atomic mass is 79.9. The minimum atomic E-state index is -3.97. The molecule has 2 fully saturated rings. The summed E-state index contributed by atoms with van der Waals surface area (Å²) in [6.45, 7) is 1.62. The molecule has 2 amide bonds. The van der Waals surface area contributed by atoms with Crippen LogP contribution in [0, 0.1) is 0 Å². The minimum Gasteiger partial charge on any atom is -0.338 e. The molecule has 0 bridgehead atoms. The van der Waals surface area contributed by atoms with Gasteiger partial charge in [-0.05, 0) is 40.9 Å². The molecule has 10 heteroatoms. The number of sulfonamides is 1. The smallest absolute Gasteiger partial charge is 0.255 e. The predicted octanol–water partition coefficient (Wildman–Crippen LogP) is 1.59. The first-order chi connectivity index (χ1) is 11.7. The van der Waals surface area contributed by atoms with Gasteiger partial charge in [0.2, 0.25) is 15.9 Å². The van der Waals surface area contributed by atoms with Gasteiger partial charge in [-0.1, -0.05) is 11.6 Å². The quantitative estimate of drug-likeness (QED) is 0.755. The fraction of sp³-hybridized carbons (Fsp3) is 0.467. The molecule has 25 heavy (non-hydrogen) atoms. The number of hydrogen-bond acceptors (Lipinski definition) is 4. The second kappa shape index (κ2) is 6.86. The third-order valence-electron chi connectivity index (χ3n) is 4.56. The molecule has 136 valence electrons. The van der Waals surface area contributed by atoms with Crippen molar-refractivity contribution in [2.45, 2.75) is 30.2 Å². The number of carbonyl (C=O) groups excluding carboxylic acids is 2. The lowest BCUT2D eigenvalue weighted by atomic mass is 10.2. The van der Waals surface area contributed by atoms with Crippen LogP contribution in [0.25, 0.3) is 0 Å². The number of likely N-dealkylation sites (tertiary alicyclic amines) is 2. The fourth-order valence-corrected chi connectivity index (χ4v) is 4.66. The standard InChI is InChI=1S/C15H17BrClN3O4S/c16-12-7-10(25(18,23)24)6-11(14(12)17)15(22)19-5-3-9(8-19)20-4-1-2-13(20)21/h6-7,9H,1-5,8H2,(H2,18,23,24). The highest BCUT2D eigenvalue weighted by Crippen LogP contribution is 2.31. The van der Waals surface area contributed by atoms with Crippen molar-refractivity contribution in [3.05, 3.63) is 27.2 Å². The monoisotopic (exact) mass is 449 g/mol. The van der Waals surface area contributed by atoms with Gasteiger partial charge in [0.25, 0.3) is 5.91 Å². The van der Waals surface area contributed by atoms with E-state index in [0.29, 0.717) is 25.9 Å². The Morgan fingerprint density at radius 2 is 2.04 bits per heavy atom. The van der Waals surface area contributed by atoms with Crippen molar-refractivity contribution in [1.29, 1.82) is 0 Å². The van der Waals surface area contributed by atoms with Crippen LogP contribution in [-0.2, 0) is 14.8 Å². The van der Waals surface area contributed by atoms with Crippen molar-refractivity contribution in [3.63, 3.8) is 0 Å². The van der Waals surface area contributed by atoms with Gasteiger partial charge in [-0.2, -0.15) is 0 Å². The summed E-state index contributed by atoms with van der Waals surface area (Å²) in [7, 11) is -3.97. The van der Waals surface area contributed by atoms with Crippen molar-refractivity contribution in [3.8, 4) is 0 Å². The van der Waals surface area contributed by atoms with E-state index in [1.165, 1.54) is 12.1 Å². The number of primary sulfonamides is 1. The number of nitrogens with two attached hydrogens (primary N) is 1. The summed E-state index contributed by atoms with van der Waals surface area (Å²) < 4.78 is 23.5. The summed E-state index contributed by atoms with van der Waals surface area (Å²) in [6.07, 6.45) is 2.10. The molecule has 1 aromatic carbocycles. The predicted molar refractivity (Wildman–Crippen MR) is 95.8 cm³/mol. The molecule has 0 radical (unpaired) electrons. The van der Waals surface area contributed by atoms with Crippen LogP contribution < -0.4 is 5.14 Å². The maximum absolute atomic E-state index is 12.8. The molecule has 2 heterocycles. The number of benzene rings is 1. The highest BCUT2D eigenvalue weighted by molar-refractivity contribution is 9.10. The summed E-state index contributed by atoms with van der Waals surface area (Å²) in [5.74, 6) is -0.248. The maximum Gasteiger partial charge on any atom is 0.255 e. The zero-order valence-corrected chi connectivity index (χ0v) is 16.4. The van der Waals surface area contributed by atoms with Crippen molar-refractivity contribution in [1.82, 2.24) is 9.80 Å². The number of nitrogens with zero attached hydrogens (tertiary/aromatic N) is 2. The average Bonchev–Trinajstić information content (AvgIpc) is 3.16. The first kappa shape index (κ1) is 18.6. The van der Waals surface area contributed by atoms with Gasteiger partial charge in [-0.25, -0.2) is 13.6 Å². The van der Waals surface area contributed by atoms with E-state index in [1.807, 2.05) is 4.90 Å². The third kappa shape index (κ3) is 3.69. The van der Waals surface area contributed by atoms with Crippen molar-refractivity contribution < 1.29 is 18.0 Å². The van der Waals surface area contributed by atoms with Crippen LogP contribution in [0.1, 0.15) is 29.6 Å². The van der Waals surface area contributed by atoms with Crippen molar-refractivity contribution in [2.24, 2.45) is 5.14 Å². The molecule has 1 atom stereocenters. The third-order valence-corrected chi connectivity index (χ3v) is 6.72. The molecule has 0 saturated carbocycles. The Balaban J connectivity index is 1.84. The Bertz CT molecular complexity index is 845. The summed E-state index contributed by atoms with van der Waals surface area (Å²) in [5.41, 5.74) is 0.0773. The molecule has 0 aliphatic carbocycles. The average molecular weight is 451 g/mol. The van der Waals surface area contributed by atoms with Gasteiger partial charge in [0.15, 0.2) is 0 Å². The largest absolute Gasteiger partial charge is 0.338 e. The summed E-state index contributed by atoms with van der Waals surface area (Å²) in [4.78, 5) is 27.9. The molecule has 2 N–H and O–H groups in total. The second-order valence-corrected chi connectivity index (χ2v) is 8.99. The molecule has 2 aliphatic heterocycles. The first-order valence-corrected chi connectivity index (χ1v) is 10.5. The number of carbonyl (C=O) groups is 2. The van der Waals surface area contributed by atoms with Gasteiger partial charge < -0.3 is 9.80 Å². The van der Waals surface area contributed by atoms with E-state index in [4.69, 9.17) is 16.7 Å². The zero-order chi connectivity index (χ0) is 18.4. The summed E-state index contributed by atoms with van der Waals surface area (Å²) >= 11 is 9.35. The minimum absolute atomic E-state index is 0.00240. The Labute approximate surface area is 159 Å². The Hall–Kier alpha value is -1.16. The normalized spacial score (nSPS) is 21.2. The zero-order valence-electron chi connectivity index (χ0n) is 13.2. The van der Waals surface area contributed by atoms with Crippen molar-refractivity contribution >= 4 is 49.4 Å². The van der Waals surface area contributed by atoms with Crippen LogP contribution in [0.4, 0.5) is 0 Å². The molecule has 1 aromatic rings. The first-order valence-electron chi connectivity index (χ1n) is 7.79. The molecule has 2 saturated heterocycles. The van der Waals surface area contributed by atoms with E-state index in [-0.39, 0.29) is 37.8 Å². The number of amides is 2.